The van der Waals surface area contributed by atoms with Gasteiger partial charge in [0.25, 0.3) is 11.8 Å². The number of alkyl halides is 2. The fourth-order valence-electron chi connectivity index (χ4n) is 3.37. The third-order valence-corrected chi connectivity index (χ3v) is 5.16. The van der Waals surface area contributed by atoms with Crippen LogP contribution in [0.2, 0.25) is 0 Å². The van der Waals surface area contributed by atoms with Gasteiger partial charge in [-0.25, -0.2) is 8.78 Å². The van der Waals surface area contributed by atoms with E-state index in [-0.39, 0.29) is 31.2 Å². The lowest BCUT2D eigenvalue weighted by atomic mass is 9.88. The Kier molecular flexibility index (Phi) is 4.85. The van der Waals surface area contributed by atoms with Crippen molar-refractivity contribution in [1.29, 1.82) is 0 Å². The van der Waals surface area contributed by atoms with Crippen molar-refractivity contribution in [2.45, 2.75) is 56.0 Å². The van der Waals surface area contributed by atoms with E-state index < -0.39 is 12.0 Å². The standard InChI is InChI=1S/C18H22F2N2O.ClH/c19-18(20)8-14(9-18)22-17(23)13-3-1-2-12(6-13)15-7-16(15)21-10-11-4-5-11;/h1-3,6,11,14-16,21H,4-5,7-10H2,(H,22,23);1H. The van der Waals surface area contributed by atoms with Crippen LogP contribution < -0.4 is 10.6 Å². The normalized spacial score (nSPS) is 27.8. The molecule has 2 unspecified atom stereocenters. The zero-order valence-corrected chi connectivity index (χ0v) is 14.3. The fourth-order valence-corrected chi connectivity index (χ4v) is 3.37. The maximum Gasteiger partial charge on any atom is 0.252 e. The van der Waals surface area contributed by atoms with Gasteiger partial charge in [-0.2, -0.15) is 0 Å². The van der Waals surface area contributed by atoms with E-state index in [0.717, 1.165) is 18.9 Å². The van der Waals surface area contributed by atoms with Crippen molar-refractivity contribution in [3.8, 4) is 0 Å². The highest BCUT2D eigenvalue weighted by Gasteiger charge is 2.46. The van der Waals surface area contributed by atoms with Crippen LogP contribution >= 0.6 is 12.4 Å². The second kappa shape index (κ2) is 6.60. The fraction of sp³-hybridized carbons (Fsp3) is 0.611. The SMILES string of the molecule is Cl.O=C(NC1CC(F)(F)C1)c1cccc(C2CC2NCC2CC2)c1. The number of benzene rings is 1. The molecule has 24 heavy (non-hydrogen) atoms. The average molecular weight is 357 g/mol. The number of halogens is 3. The van der Waals surface area contributed by atoms with Crippen molar-refractivity contribution in [1.82, 2.24) is 10.6 Å². The molecule has 1 aromatic rings. The number of nitrogens with one attached hydrogen (secondary N) is 2. The number of carbonyl (C=O) groups excluding carboxylic acids is 1. The van der Waals surface area contributed by atoms with Crippen LogP contribution in [0.1, 0.15) is 53.9 Å². The molecule has 0 saturated heterocycles. The first-order valence-electron chi connectivity index (χ1n) is 8.52. The van der Waals surface area contributed by atoms with Gasteiger partial charge in [0.1, 0.15) is 0 Å². The van der Waals surface area contributed by atoms with E-state index >= 15 is 0 Å². The summed E-state index contributed by atoms with van der Waals surface area (Å²) in [5.74, 6) is -1.49. The van der Waals surface area contributed by atoms with Gasteiger partial charge < -0.3 is 10.6 Å². The van der Waals surface area contributed by atoms with Crippen molar-refractivity contribution in [2.75, 3.05) is 6.54 Å². The van der Waals surface area contributed by atoms with Crippen LogP contribution in [-0.2, 0) is 0 Å². The molecule has 0 heterocycles. The third-order valence-electron chi connectivity index (χ3n) is 5.16. The van der Waals surface area contributed by atoms with Crippen LogP contribution in [0.3, 0.4) is 0 Å². The lowest BCUT2D eigenvalue weighted by Gasteiger charge is -2.35. The molecule has 1 aromatic carbocycles. The molecule has 3 aliphatic rings. The Morgan fingerprint density at radius 1 is 1.25 bits per heavy atom. The topological polar surface area (TPSA) is 41.1 Å². The summed E-state index contributed by atoms with van der Waals surface area (Å²) in [4.78, 5) is 12.2. The number of amides is 1. The summed E-state index contributed by atoms with van der Waals surface area (Å²) in [6.07, 6.45) is 3.33. The summed E-state index contributed by atoms with van der Waals surface area (Å²) in [6, 6.07) is 7.74. The number of rotatable bonds is 6. The smallest absolute Gasteiger partial charge is 0.252 e. The first-order chi connectivity index (χ1) is 11.0. The van der Waals surface area contributed by atoms with Gasteiger partial charge in [0.2, 0.25) is 0 Å². The largest absolute Gasteiger partial charge is 0.349 e. The summed E-state index contributed by atoms with van der Waals surface area (Å²) < 4.78 is 25.7. The molecule has 0 bridgehead atoms. The van der Waals surface area contributed by atoms with Gasteiger partial charge in [-0.3, -0.25) is 4.79 Å². The summed E-state index contributed by atoms with van der Waals surface area (Å²) >= 11 is 0. The van der Waals surface area contributed by atoms with Crippen molar-refractivity contribution >= 4 is 18.3 Å². The Morgan fingerprint density at radius 3 is 2.67 bits per heavy atom. The Labute approximate surface area is 147 Å². The van der Waals surface area contributed by atoms with Gasteiger partial charge in [0.15, 0.2) is 0 Å². The molecule has 0 aromatic heterocycles. The Balaban J connectivity index is 0.00000169. The lowest BCUT2D eigenvalue weighted by Crippen LogP contribution is -2.50. The minimum absolute atomic E-state index is 0. The van der Waals surface area contributed by atoms with Crippen LogP contribution in [0.4, 0.5) is 8.78 Å². The quantitative estimate of drug-likeness (QED) is 0.819. The molecule has 3 fully saturated rings. The molecule has 2 atom stereocenters. The molecule has 3 nitrogen and oxygen atoms in total. The maximum atomic E-state index is 12.8. The molecule has 6 heteroatoms. The van der Waals surface area contributed by atoms with Crippen LogP contribution in [0.5, 0.6) is 0 Å². The molecule has 3 aliphatic carbocycles. The molecule has 0 radical (unpaired) electrons. The highest BCUT2D eigenvalue weighted by Crippen LogP contribution is 2.42. The first kappa shape index (κ1) is 17.6. The van der Waals surface area contributed by atoms with Gasteiger partial charge in [0.05, 0.1) is 0 Å². The first-order valence-corrected chi connectivity index (χ1v) is 8.52. The van der Waals surface area contributed by atoms with E-state index in [1.807, 2.05) is 12.1 Å². The zero-order valence-electron chi connectivity index (χ0n) is 13.4. The highest BCUT2D eigenvalue weighted by molar-refractivity contribution is 5.94. The van der Waals surface area contributed by atoms with Gasteiger partial charge in [-0.05, 0) is 49.4 Å². The van der Waals surface area contributed by atoms with Crippen molar-refractivity contribution in [3.63, 3.8) is 0 Å². The summed E-state index contributed by atoms with van der Waals surface area (Å²) in [7, 11) is 0. The maximum absolute atomic E-state index is 12.8. The minimum Gasteiger partial charge on any atom is -0.349 e. The van der Waals surface area contributed by atoms with Crippen molar-refractivity contribution in [3.05, 3.63) is 35.4 Å². The predicted molar refractivity (Wildman–Crippen MR) is 91.0 cm³/mol. The molecule has 132 valence electrons. The summed E-state index contributed by atoms with van der Waals surface area (Å²) in [6.45, 7) is 1.11. The van der Waals surface area contributed by atoms with E-state index in [1.165, 1.54) is 18.4 Å². The van der Waals surface area contributed by atoms with Crippen LogP contribution in [0.15, 0.2) is 24.3 Å². The van der Waals surface area contributed by atoms with Gasteiger partial charge in [-0.15, -0.1) is 12.4 Å². The van der Waals surface area contributed by atoms with E-state index in [2.05, 4.69) is 16.7 Å². The minimum atomic E-state index is -2.60. The Bertz CT molecular complexity index is 613. The number of hydrogen-bond acceptors (Lipinski definition) is 2. The molecule has 3 saturated carbocycles. The molecule has 2 N–H and O–H groups in total. The molecule has 1 amide bonds. The summed E-state index contributed by atoms with van der Waals surface area (Å²) in [5.41, 5.74) is 1.75. The van der Waals surface area contributed by atoms with Gasteiger partial charge in [-0.1, -0.05) is 12.1 Å². The monoisotopic (exact) mass is 356 g/mol. The zero-order chi connectivity index (χ0) is 16.0. The van der Waals surface area contributed by atoms with E-state index in [9.17, 15) is 13.6 Å². The molecule has 0 spiro atoms. The second-order valence-corrected chi connectivity index (χ2v) is 7.36. The van der Waals surface area contributed by atoms with Crippen LogP contribution in [0, 0.1) is 5.92 Å². The van der Waals surface area contributed by atoms with Crippen molar-refractivity contribution in [2.24, 2.45) is 5.92 Å². The average Bonchev–Trinajstić information content (AvgIpc) is 3.37. The summed E-state index contributed by atoms with van der Waals surface area (Å²) in [5, 5.41) is 6.29. The third kappa shape index (κ3) is 4.06. The predicted octanol–water partition coefficient (Wildman–Crippen LogP) is 3.49. The van der Waals surface area contributed by atoms with Crippen LogP contribution in [-0.4, -0.2) is 30.5 Å². The van der Waals surface area contributed by atoms with E-state index in [1.54, 1.807) is 6.07 Å². The Morgan fingerprint density at radius 2 is 2.00 bits per heavy atom. The number of hydrogen-bond donors (Lipinski definition) is 2. The second-order valence-electron chi connectivity index (χ2n) is 7.36. The van der Waals surface area contributed by atoms with Crippen LogP contribution in [0.25, 0.3) is 0 Å². The molecule has 0 aliphatic heterocycles. The molecular weight excluding hydrogens is 334 g/mol. The highest BCUT2D eigenvalue weighted by atomic mass is 35.5. The molecule has 4 rings (SSSR count). The van der Waals surface area contributed by atoms with Gasteiger partial charge >= 0.3 is 0 Å². The number of carbonyl (C=O) groups is 1. The molecular formula is C18H23ClF2N2O. The lowest BCUT2D eigenvalue weighted by molar-refractivity contribution is -0.0901. The van der Waals surface area contributed by atoms with E-state index in [0.29, 0.717) is 17.5 Å². The van der Waals surface area contributed by atoms with Crippen molar-refractivity contribution < 1.29 is 13.6 Å². The van der Waals surface area contributed by atoms with Gasteiger partial charge in [0, 0.05) is 36.4 Å². The van der Waals surface area contributed by atoms with E-state index in [4.69, 9.17) is 0 Å². The Hall–Kier alpha value is -1.20.